The lowest BCUT2D eigenvalue weighted by atomic mass is 9.84. The van der Waals surface area contributed by atoms with E-state index < -0.39 is 43.8 Å². The van der Waals surface area contributed by atoms with Gasteiger partial charge in [0.05, 0.1) is 21.7 Å². The third-order valence-electron chi connectivity index (χ3n) is 8.38. The van der Waals surface area contributed by atoms with E-state index in [4.69, 9.17) is 0 Å². The van der Waals surface area contributed by atoms with Crippen molar-refractivity contribution in [1.82, 2.24) is 24.4 Å². The van der Waals surface area contributed by atoms with Crippen LogP contribution in [0, 0.1) is 11.6 Å². The molecule has 242 valence electrons. The van der Waals surface area contributed by atoms with Crippen molar-refractivity contribution in [2.24, 2.45) is 0 Å². The van der Waals surface area contributed by atoms with E-state index in [1.54, 1.807) is 44.4 Å². The Morgan fingerprint density at radius 3 is 2.35 bits per heavy atom. The smallest absolute Gasteiger partial charge is 0.258 e. The summed E-state index contributed by atoms with van der Waals surface area (Å²) in [6.07, 6.45) is 3.18. The van der Waals surface area contributed by atoms with Gasteiger partial charge in [-0.3, -0.25) is 14.7 Å². The average molecular weight is 653 g/mol. The van der Waals surface area contributed by atoms with E-state index in [1.807, 2.05) is 6.07 Å². The predicted octanol–water partition coefficient (Wildman–Crippen LogP) is 3.75. The van der Waals surface area contributed by atoms with Gasteiger partial charge in [0.15, 0.2) is 5.82 Å². The molecule has 2 aromatic heterocycles. The summed E-state index contributed by atoms with van der Waals surface area (Å²) in [7, 11) is -2.26. The van der Waals surface area contributed by atoms with Gasteiger partial charge >= 0.3 is 0 Å². The van der Waals surface area contributed by atoms with Crippen LogP contribution in [0.3, 0.4) is 0 Å². The van der Waals surface area contributed by atoms with Gasteiger partial charge in [-0.05, 0) is 43.4 Å². The maximum Gasteiger partial charge on any atom is 0.258 e. The Morgan fingerprint density at radius 1 is 0.957 bits per heavy atom. The Bertz CT molecular complexity index is 1880. The Labute approximate surface area is 264 Å². The first-order valence-electron chi connectivity index (χ1n) is 14.7. The molecule has 4 N–H and O–H groups in total. The van der Waals surface area contributed by atoms with Crippen LogP contribution in [0.2, 0.25) is 0 Å². The number of nitrogens with zero attached hydrogens (tertiary/aromatic N) is 4. The molecule has 4 aromatic rings. The van der Waals surface area contributed by atoms with Crippen molar-refractivity contribution in [2.45, 2.75) is 30.7 Å². The molecule has 4 heterocycles. The minimum absolute atomic E-state index is 0.000860. The number of rotatable bonds is 7. The van der Waals surface area contributed by atoms with Crippen LogP contribution in [-0.2, 0) is 22.0 Å². The highest BCUT2D eigenvalue weighted by Crippen LogP contribution is 2.38. The summed E-state index contributed by atoms with van der Waals surface area (Å²) in [5.41, 5.74) is 1.95. The van der Waals surface area contributed by atoms with Gasteiger partial charge in [-0.25, -0.2) is 17.2 Å². The molecule has 1 fully saturated rings. The minimum atomic E-state index is -4.32. The molecule has 2 aromatic carbocycles. The first-order chi connectivity index (χ1) is 21.8. The standard InChI is InChI=1S/C31H34F2N8O4S/c1-31(2)18-41(46(44,45)23-13-20(32)12-21(33)14-23)17-25-27(31)37-38-28(25)36-30(43)24-5-4-22(40-10-8-39(3)9-11-40)15-26(24)35-29(42)19-6-7-34-16-19/h4-7,12-16,34H,8-11,17-18H2,1-3H3,(H,35,42)(H2,36,37,38,43). The molecule has 6 rings (SSSR count). The monoisotopic (exact) mass is 652 g/mol. The van der Waals surface area contributed by atoms with Crippen LogP contribution < -0.4 is 15.5 Å². The van der Waals surface area contributed by atoms with Gasteiger partial charge in [-0.15, -0.1) is 0 Å². The molecule has 12 nitrogen and oxygen atoms in total. The molecule has 46 heavy (non-hydrogen) atoms. The fraction of sp³-hybridized carbons (Fsp3) is 0.323. The van der Waals surface area contributed by atoms with Crippen LogP contribution in [0.4, 0.5) is 26.0 Å². The summed E-state index contributed by atoms with van der Waals surface area (Å²) in [6.45, 7) is 6.70. The quantitative estimate of drug-likeness (QED) is 0.238. The van der Waals surface area contributed by atoms with Crippen molar-refractivity contribution in [3.05, 3.63) is 88.9 Å². The van der Waals surface area contributed by atoms with E-state index in [-0.39, 0.29) is 24.5 Å². The van der Waals surface area contributed by atoms with Gasteiger partial charge in [0.1, 0.15) is 11.6 Å². The van der Waals surface area contributed by atoms with Crippen LogP contribution in [0.5, 0.6) is 0 Å². The second-order valence-corrected chi connectivity index (χ2v) is 14.2. The number of fused-ring (bicyclic) bond motifs is 1. The number of sulfonamides is 1. The van der Waals surface area contributed by atoms with Crippen LogP contribution in [0.15, 0.2) is 59.8 Å². The molecule has 0 atom stereocenters. The Balaban J connectivity index is 1.30. The molecule has 2 aliphatic heterocycles. The summed E-state index contributed by atoms with van der Waals surface area (Å²) in [4.78, 5) is 33.6. The topological polar surface area (TPSA) is 147 Å². The molecule has 0 spiro atoms. The summed E-state index contributed by atoms with van der Waals surface area (Å²) in [5.74, 6) is -2.90. The Kier molecular flexibility index (Phi) is 8.16. The van der Waals surface area contributed by atoms with Crippen LogP contribution >= 0.6 is 0 Å². The fourth-order valence-corrected chi connectivity index (χ4v) is 7.47. The van der Waals surface area contributed by atoms with Crippen LogP contribution in [0.25, 0.3) is 0 Å². The van der Waals surface area contributed by atoms with Gasteiger partial charge in [0.25, 0.3) is 11.8 Å². The number of hydrogen-bond acceptors (Lipinski definition) is 7. The molecule has 2 amide bonds. The van der Waals surface area contributed by atoms with E-state index in [0.717, 1.165) is 48.3 Å². The molecule has 0 radical (unpaired) electrons. The van der Waals surface area contributed by atoms with Crippen molar-refractivity contribution < 1.29 is 26.8 Å². The number of likely N-dealkylation sites (N-methyl/N-ethyl adjacent to an activating group) is 1. The van der Waals surface area contributed by atoms with Gasteiger partial charge in [0, 0.05) is 80.1 Å². The lowest BCUT2D eigenvalue weighted by molar-refractivity contribution is 0.102. The number of H-pyrrole nitrogens is 2. The van der Waals surface area contributed by atoms with E-state index in [9.17, 15) is 26.8 Å². The maximum atomic E-state index is 14.0. The SMILES string of the molecule is CN1CCN(c2ccc(C(=O)Nc3n[nH]c4c3CN(S(=O)(=O)c3cc(F)cc(F)c3)CC4(C)C)c(NC(=O)c3cc[nH]c3)c2)CC1. The number of hydrogen-bond donors (Lipinski definition) is 4. The van der Waals surface area contributed by atoms with Gasteiger partial charge < -0.3 is 25.4 Å². The highest BCUT2D eigenvalue weighted by Gasteiger charge is 2.41. The molecule has 0 bridgehead atoms. The predicted molar refractivity (Wildman–Crippen MR) is 168 cm³/mol. The van der Waals surface area contributed by atoms with Crippen molar-refractivity contribution in [1.29, 1.82) is 0 Å². The zero-order valence-electron chi connectivity index (χ0n) is 25.5. The summed E-state index contributed by atoms with van der Waals surface area (Å²) < 4.78 is 56.1. The number of piperazine rings is 1. The number of aromatic amines is 2. The first-order valence-corrected chi connectivity index (χ1v) is 16.1. The minimum Gasteiger partial charge on any atom is -0.369 e. The Morgan fingerprint density at radius 2 is 1.67 bits per heavy atom. The number of anilines is 3. The number of amides is 2. The molecule has 0 aliphatic carbocycles. The highest BCUT2D eigenvalue weighted by atomic mass is 32.2. The van der Waals surface area contributed by atoms with Crippen molar-refractivity contribution in [3.63, 3.8) is 0 Å². The second kappa shape index (κ2) is 12.0. The molecule has 2 aliphatic rings. The van der Waals surface area contributed by atoms with Crippen molar-refractivity contribution in [3.8, 4) is 0 Å². The number of benzene rings is 2. The molecule has 0 unspecified atom stereocenters. The first kappa shape index (κ1) is 31.4. The van der Waals surface area contributed by atoms with E-state index in [1.165, 1.54) is 0 Å². The van der Waals surface area contributed by atoms with Gasteiger partial charge in [-0.1, -0.05) is 13.8 Å². The zero-order chi connectivity index (χ0) is 32.8. The average Bonchev–Trinajstić information content (AvgIpc) is 3.68. The number of nitrogens with one attached hydrogen (secondary N) is 4. The van der Waals surface area contributed by atoms with E-state index in [2.05, 4.69) is 42.7 Å². The number of carbonyl (C=O) groups excluding carboxylic acids is 2. The number of aromatic nitrogens is 3. The summed E-state index contributed by atoms with van der Waals surface area (Å²) >= 11 is 0. The lowest BCUT2D eigenvalue weighted by Gasteiger charge is -2.36. The fourth-order valence-electron chi connectivity index (χ4n) is 5.86. The largest absolute Gasteiger partial charge is 0.369 e. The zero-order valence-corrected chi connectivity index (χ0v) is 26.3. The summed E-state index contributed by atoms with van der Waals surface area (Å²) in [6, 6.07) is 8.99. The molecule has 0 saturated carbocycles. The normalized spacial score (nSPS) is 17.0. The van der Waals surface area contributed by atoms with Crippen molar-refractivity contribution >= 4 is 39.0 Å². The molecule has 15 heteroatoms. The van der Waals surface area contributed by atoms with Crippen LogP contribution in [0.1, 0.15) is 45.8 Å². The molecular formula is C31H34F2N8O4S. The van der Waals surface area contributed by atoms with Crippen molar-refractivity contribution in [2.75, 3.05) is 55.3 Å². The van der Waals surface area contributed by atoms with Gasteiger partial charge in [-0.2, -0.15) is 9.40 Å². The highest BCUT2D eigenvalue weighted by molar-refractivity contribution is 7.89. The summed E-state index contributed by atoms with van der Waals surface area (Å²) in [5, 5.41) is 12.9. The third-order valence-corrected chi connectivity index (χ3v) is 10.1. The number of halogens is 2. The maximum absolute atomic E-state index is 14.0. The lowest BCUT2D eigenvalue weighted by Crippen LogP contribution is -2.45. The van der Waals surface area contributed by atoms with E-state index in [0.29, 0.717) is 28.6 Å². The van der Waals surface area contributed by atoms with E-state index >= 15 is 0 Å². The second-order valence-electron chi connectivity index (χ2n) is 12.2. The Hall–Kier alpha value is -4.60. The molecule has 1 saturated heterocycles. The third kappa shape index (κ3) is 6.12. The number of carbonyl (C=O) groups is 2. The van der Waals surface area contributed by atoms with Gasteiger partial charge in [0.2, 0.25) is 10.0 Å². The van der Waals surface area contributed by atoms with Crippen LogP contribution in [-0.4, -0.2) is 84.4 Å². The molecular weight excluding hydrogens is 618 g/mol.